The molecule has 0 aliphatic carbocycles. The summed E-state index contributed by atoms with van der Waals surface area (Å²) in [5.41, 5.74) is -0.510. The number of thioether (sulfide) groups is 1. The molecule has 0 spiro atoms. The summed E-state index contributed by atoms with van der Waals surface area (Å²) < 4.78 is 79.3. The molecule has 2 aromatic carbocycles. The fourth-order valence-corrected chi connectivity index (χ4v) is 5.89. The molecular formula is C25H31F3NO8PS. The Morgan fingerprint density at radius 2 is 1.67 bits per heavy atom. The Labute approximate surface area is 228 Å². The lowest BCUT2D eigenvalue weighted by molar-refractivity contribution is -0.138. The Hall–Kier alpha value is -2.12. The van der Waals surface area contributed by atoms with E-state index in [0.29, 0.717) is 17.7 Å². The molecule has 1 saturated heterocycles. The van der Waals surface area contributed by atoms with Gasteiger partial charge in [0.05, 0.1) is 24.0 Å². The van der Waals surface area contributed by atoms with E-state index in [1.54, 1.807) is 38.1 Å². The van der Waals surface area contributed by atoms with Gasteiger partial charge in [0.2, 0.25) is 5.91 Å². The molecule has 1 fully saturated rings. The van der Waals surface area contributed by atoms with Crippen molar-refractivity contribution in [3.8, 4) is 5.75 Å². The molecule has 9 nitrogen and oxygen atoms in total. The fraction of sp³-hybridized carbons (Fsp3) is 0.480. The van der Waals surface area contributed by atoms with Crippen LogP contribution in [0.15, 0.2) is 48.5 Å². The molecule has 0 bridgehead atoms. The number of hydrogen-bond donors (Lipinski definition) is 2. The van der Waals surface area contributed by atoms with Crippen LogP contribution in [0.4, 0.5) is 13.2 Å². The number of halogens is 3. The summed E-state index contributed by atoms with van der Waals surface area (Å²) in [6.45, 7) is 4.72. The summed E-state index contributed by atoms with van der Waals surface area (Å²) in [5, 5.41) is 11.6. The first kappa shape index (κ1) is 31.4. The average molecular weight is 594 g/mol. The topological polar surface area (TPSA) is 113 Å². The number of hydrogen-bond acceptors (Lipinski definition) is 9. The number of phosphoric acid groups is 1. The quantitative estimate of drug-likeness (QED) is 0.219. The Kier molecular flexibility index (Phi) is 11.3. The molecule has 4 atom stereocenters. The van der Waals surface area contributed by atoms with Gasteiger partial charge < -0.3 is 19.9 Å². The van der Waals surface area contributed by atoms with E-state index in [4.69, 9.17) is 23.0 Å². The number of carbonyl (C=O) groups excluding carboxylic acids is 1. The van der Waals surface area contributed by atoms with Crippen LogP contribution < -0.4 is 10.1 Å². The molecule has 14 heteroatoms. The van der Waals surface area contributed by atoms with Crippen LogP contribution >= 0.6 is 19.6 Å². The highest BCUT2D eigenvalue weighted by molar-refractivity contribution is 8.01. The number of ether oxygens (including phenoxy) is 2. The average Bonchev–Trinajstić information content (AvgIpc) is 3.18. The maximum absolute atomic E-state index is 13.1. The van der Waals surface area contributed by atoms with Crippen molar-refractivity contribution in [2.75, 3.05) is 19.8 Å². The zero-order chi connectivity index (χ0) is 28.6. The minimum absolute atomic E-state index is 0.0656. The Morgan fingerprint density at radius 1 is 1.05 bits per heavy atom. The molecule has 2 N–H and O–H groups in total. The maximum atomic E-state index is 13.1. The lowest BCUT2D eigenvalue weighted by Crippen LogP contribution is -2.27. The minimum atomic E-state index is -4.50. The van der Waals surface area contributed by atoms with E-state index in [1.807, 2.05) is 0 Å². The van der Waals surface area contributed by atoms with Crippen molar-refractivity contribution < 1.29 is 50.7 Å². The van der Waals surface area contributed by atoms with Gasteiger partial charge in [-0.3, -0.25) is 18.4 Å². The molecule has 1 aliphatic heterocycles. The van der Waals surface area contributed by atoms with E-state index < -0.39 is 42.8 Å². The van der Waals surface area contributed by atoms with Crippen molar-refractivity contribution in [3.63, 3.8) is 0 Å². The number of aliphatic hydroxyl groups is 1. The fourth-order valence-electron chi connectivity index (χ4n) is 3.67. The van der Waals surface area contributed by atoms with Gasteiger partial charge in [0.25, 0.3) is 0 Å². The first-order valence-electron chi connectivity index (χ1n) is 12.2. The van der Waals surface area contributed by atoms with Gasteiger partial charge in [0.15, 0.2) is 11.8 Å². The van der Waals surface area contributed by atoms with Crippen molar-refractivity contribution in [2.24, 2.45) is 0 Å². The standard InChI is InChI=1S/C25H31F3NO8PS/c1-4-34-38(32,35-5-2)37-16(3)36-21(18-8-10-19(11-9-18)25(26,27)28)15-33-20-12-6-17(7-13-20)14-22-23(30)29-24(31)39-22/h6-13,16,21-22,24,31H,4-5,14-15H2,1-3H3,(H,29,30). The normalized spacial score (nSPS) is 19.5. The number of nitrogens with one attached hydrogen (secondary N) is 1. The third-order valence-corrected chi connectivity index (χ3v) is 8.20. The third-order valence-electron chi connectivity index (χ3n) is 5.41. The van der Waals surface area contributed by atoms with E-state index in [0.717, 1.165) is 29.5 Å². The first-order chi connectivity index (χ1) is 18.4. The van der Waals surface area contributed by atoms with E-state index in [9.17, 15) is 27.6 Å². The molecule has 2 aromatic rings. The number of carbonyl (C=O) groups is 1. The van der Waals surface area contributed by atoms with Gasteiger partial charge in [0, 0.05) is 0 Å². The van der Waals surface area contributed by atoms with Crippen molar-refractivity contribution >= 4 is 25.5 Å². The van der Waals surface area contributed by atoms with Crippen LogP contribution in [-0.4, -0.2) is 47.9 Å². The summed E-state index contributed by atoms with van der Waals surface area (Å²) in [6.07, 6.45) is -6.11. The van der Waals surface area contributed by atoms with Gasteiger partial charge in [-0.05, 0) is 62.6 Å². The number of benzene rings is 2. The van der Waals surface area contributed by atoms with Crippen molar-refractivity contribution in [1.82, 2.24) is 5.32 Å². The second-order valence-corrected chi connectivity index (χ2v) is 11.3. The Balaban J connectivity index is 1.70. The predicted octanol–water partition coefficient (Wildman–Crippen LogP) is 5.44. The third kappa shape index (κ3) is 9.49. The second-order valence-electron chi connectivity index (χ2n) is 8.35. The summed E-state index contributed by atoms with van der Waals surface area (Å²) >= 11 is 1.13. The van der Waals surface area contributed by atoms with Gasteiger partial charge in [-0.25, -0.2) is 4.57 Å². The van der Waals surface area contributed by atoms with Crippen LogP contribution in [0.2, 0.25) is 0 Å². The largest absolute Gasteiger partial charge is 0.491 e. The molecule has 4 unspecified atom stereocenters. The SMILES string of the molecule is CCOP(=O)(OCC)OC(C)OC(COc1ccc(CC2SC(O)NC2=O)cc1)c1ccc(C(F)(F)F)cc1. The summed E-state index contributed by atoms with van der Waals surface area (Å²) in [4.78, 5) is 11.9. The second kappa shape index (κ2) is 14.0. The molecule has 0 saturated carbocycles. The number of alkyl halides is 3. The number of rotatable bonds is 14. The van der Waals surface area contributed by atoms with Crippen LogP contribution in [0, 0.1) is 0 Å². The van der Waals surface area contributed by atoms with Gasteiger partial charge >= 0.3 is 14.0 Å². The van der Waals surface area contributed by atoms with E-state index in [1.165, 1.54) is 19.1 Å². The van der Waals surface area contributed by atoms with Gasteiger partial charge in [-0.15, -0.1) is 0 Å². The summed E-state index contributed by atoms with van der Waals surface area (Å²) in [6, 6.07) is 11.3. The van der Waals surface area contributed by atoms with E-state index in [-0.39, 0.29) is 25.7 Å². The Bertz CT molecular complexity index is 1110. The molecule has 1 amide bonds. The van der Waals surface area contributed by atoms with Crippen LogP contribution in [0.25, 0.3) is 0 Å². The van der Waals surface area contributed by atoms with Crippen molar-refractivity contribution in [2.45, 2.75) is 56.6 Å². The molecule has 39 heavy (non-hydrogen) atoms. The van der Waals surface area contributed by atoms with Gasteiger partial charge in [-0.1, -0.05) is 36.0 Å². The molecular weight excluding hydrogens is 562 g/mol. The molecule has 0 aromatic heterocycles. The highest BCUT2D eigenvalue weighted by Crippen LogP contribution is 2.50. The summed E-state index contributed by atoms with van der Waals surface area (Å²) in [5.74, 6) is 0.213. The van der Waals surface area contributed by atoms with Gasteiger partial charge in [0.1, 0.15) is 18.5 Å². The maximum Gasteiger partial charge on any atom is 0.477 e. The zero-order valence-corrected chi connectivity index (χ0v) is 23.3. The van der Waals surface area contributed by atoms with Crippen molar-refractivity contribution in [3.05, 3.63) is 65.2 Å². The molecule has 1 aliphatic rings. The first-order valence-corrected chi connectivity index (χ1v) is 14.6. The molecule has 3 rings (SSSR count). The highest BCUT2D eigenvalue weighted by Gasteiger charge is 2.33. The monoisotopic (exact) mass is 593 g/mol. The van der Waals surface area contributed by atoms with Crippen LogP contribution in [-0.2, 0) is 40.3 Å². The smallest absolute Gasteiger partial charge is 0.477 e. The minimum Gasteiger partial charge on any atom is -0.491 e. The number of aliphatic hydroxyl groups excluding tert-OH is 1. The predicted molar refractivity (Wildman–Crippen MR) is 138 cm³/mol. The Morgan fingerprint density at radius 3 is 2.18 bits per heavy atom. The lowest BCUT2D eigenvalue weighted by atomic mass is 10.1. The van der Waals surface area contributed by atoms with Crippen molar-refractivity contribution in [1.29, 1.82) is 0 Å². The number of phosphoric ester groups is 1. The molecule has 0 radical (unpaired) electrons. The summed E-state index contributed by atoms with van der Waals surface area (Å²) in [7, 11) is -3.92. The van der Waals surface area contributed by atoms with Crippen LogP contribution in [0.1, 0.15) is 43.6 Å². The number of amides is 1. The van der Waals surface area contributed by atoms with Crippen LogP contribution in [0.5, 0.6) is 5.75 Å². The van der Waals surface area contributed by atoms with E-state index >= 15 is 0 Å². The molecule has 1 heterocycles. The van der Waals surface area contributed by atoms with Crippen LogP contribution in [0.3, 0.4) is 0 Å². The van der Waals surface area contributed by atoms with Gasteiger partial charge in [-0.2, -0.15) is 13.2 Å². The zero-order valence-electron chi connectivity index (χ0n) is 21.6. The molecule has 216 valence electrons. The lowest BCUT2D eigenvalue weighted by Gasteiger charge is -2.26. The van der Waals surface area contributed by atoms with E-state index in [2.05, 4.69) is 5.32 Å². The highest BCUT2D eigenvalue weighted by atomic mass is 32.2.